The van der Waals surface area contributed by atoms with Gasteiger partial charge in [0.05, 0.1) is 0 Å². The molecule has 94 valence electrons. The zero-order valence-corrected chi connectivity index (χ0v) is 10.7. The zero-order chi connectivity index (χ0) is 12.0. The summed E-state index contributed by atoms with van der Waals surface area (Å²) in [5.74, 6) is 1.67. The summed E-state index contributed by atoms with van der Waals surface area (Å²) < 4.78 is 0. The third-order valence-electron chi connectivity index (χ3n) is 3.73. The highest BCUT2D eigenvalue weighted by Gasteiger charge is 2.24. The molecule has 0 radical (unpaired) electrons. The Labute approximate surface area is 99.4 Å². The number of likely N-dealkylation sites (tertiary alicyclic amines) is 1. The lowest BCUT2D eigenvalue weighted by atomic mass is 10.0. The van der Waals surface area contributed by atoms with Crippen molar-refractivity contribution in [1.82, 2.24) is 4.90 Å². The molecule has 2 atom stereocenters. The van der Waals surface area contributed by atoms with Crippen LogP contribution in [-0.2, 0) is 4.79 Å². The first-order valence-corrected chi connectivity index (χ1v) is 6.65. The van der Waals surface area contributed by atoms with Gasteiger partial charge < -0.3 is 10.6 Å². The van der Waals surface area contributed by atoms with E-state index in [0.29, 0.717) is 18.2 Å². The van der Waals surface area contributed by atoms with Crippen molar-refractivity contribution < 1.29 is 4.79 Å². The largest absolute Gasteiger partial charge is 0.342 e. The summed E-state index contributed by atoms with van der Waals surface area (Å²) in [4.78, 5) is 14.0. The molecule has 0 spiro atoms. The molecule has 1 rings (SSSR count). The van der Waals surface area contributed by atoms with Crippen LogP contribution in [0.1, 0.15) is 46.0 Å². The number of amides is 1. The minimum Gasteiger partial charge on any atom is -0.342 e. The van der Waals surface area contributed by atoms with E-state index in [4.69, 9.17) is 5.73 Å². The topological polar surface area (TPSA) is 46.3 Å². The Morgan fingerprint density at radius 1 is 1.50 bits per heavy atom. The molecular formula is C13H26N2O. The fourth-order valence-electron chi connectivity index (χ4n) is 2.35. The number of carbonyl (C=O) groups excluding carboxylic acids is 1. The van der Waals surface area contributed by atoms with E-state index in [2.05, 4.69) is 13.8 Å². The van der Waals surface area contributed by atoms with Gasteiger partial charge in [0.25, 0.3) is 0 Å². The average Bonchev–Trinajstić information content (AvgIpc) is 2.75. The highest BCUT2D eigenvalue weighted by molar-refractivity contribution is 5.76. The quantitative estimate of drug-likeness (QED) is 0.753. The molecule has 2 N–H and O–H groups in total. The van der Waals surface area contributed by atoms with Crippen molar-refractivity contribution >= 4 is 5.91 Å². The summed E-state index contributed by atoms with van der Waals surface area (Å²) in [7, 11) is 0. The van der Waals surface area contributed by atoms with Crippen molar-refractivity contribution in [2.24, 2.45) is 17.6 Å². The maximum absolute atomic E-state index is 11.9. The summed E-state index contributed by atoms with van der Waals surface area (Å²) >= 11 is 0. The second kappa shape index (κ2) is 6.89. The van der Waals surface area contributed by atoms with E-state index in [1.807, 2.05) is 4.90 Å². The van der Waals surface area contributed by atoms with Crippen molar-refractivity contribution in [2.75, 3.05) is 19.6 Å². The molecule has 0 aromatic rings. The standard InChI is InChI=1S/C13H26N2O/c1-3-12-7-9-15(10-12)13(16)5-4-11(2)6-8-14/h11-12H,3-10,14H2,1-2H3. The second-order valence-corrected chi connectivity index (χ2v) is 5.12. The number of rotatable bonds is 6. The molecular weight excluding hydrogens is 200 g/mol. The molecule has 1 amide bonds. The van der Waals surface area contributed by atoms with Gasteiger partial charge >= 0.3 is 0 Å². The predicted octanol–water partition coefficient (Wildman–Crippen LogP) is 2.01. The second-order valence-electron chi connectivity index (χ2n) is 5.12. The van der Waals surface area contributed by atoms with Gasteiger partial charge in [-0.05, 0) is 37.6 Å². The number of hydrogen-bond donors (Lipinski definition) is 1. The highest BCUT2D eigenvalue weighted by atomic mass is 16.2. The van der Waals surface area contributed by atoms with Gasteiger partial charge in [-0.25, -0.2) is 0 Å². The van der Waals surface area contributed by atoms with E-state index < -0.39 is 0 Å². The van der Waals surface area contributed by atoms with Crippen LogP contribution in [0.2, 0.25) is 0 Å². The Hall–Kier alpha value is -0.570. The van der Waals surface area contributed by atoms with E-state index >= 15 is 0 Å². The van der Waals surface area contributed by atoms with E-state index in [9.17, 15) is 4.79 Å². The lowest BCUT2D eigenvalue weighted by Gasteiger charge is -2.17. The molecule has 0 aliphatic carbocycles. The van der Waals surface area contributed by atoms with Gasteiger partial charge in [-0.1, -0.05) is 20.3 Å². The van der Waals surface area contributed by atoms with Crippen molar-refractivity contribution in [3.05, 3.63) is 0 Å². The fraction of sp³-hybridized carbons (Fsp3) is 0.923. The third kappa shape index (κ3) is 4.12. The van der Waals surface area contributed by atoms with Crippen molar-refractivity contribution in [1.29, 1.82) is 0 Å². The van der Waals surface area contributed by atoms with Gasteiger partial charge in [0.1, 0.15) is 0 Å². The first-order valence-electron chi connectivity index (χ1n) is 6.65. The lowest BCUT2D eigenvalue weighted by Crippen LogP contribution is -2.28. The van der Waals surface area contributed by atoms with Crippen LogP contribution >= 0.6 is 0 Å². The van der Waals surface area contributed by atoms with Gasteiger partial charge in [0.15, 0.2) is 0 Å². The maximum Gasteiger partial charge on any atom is 0.222 e. The summed E-state index contributed by atoms with van der Waals surface area (Å²) in [6.45, 7) is 7.08. The van der Waals surface area contributed by atoms with Crippen LogP contribution in [0.15, 0.2) is 0 Å². The SMILES string of the molecule is CCC1CCN(C(=O)CCC(C)CCN)C1. The summed E-state index contributed by atoms with van der Waals surface area (Å²) in [5.41, 5.74) is 5.50. The molecule has 3 nitrogen and oxygen atoms in total. The number of nitrogens with zero attached hydrogens (tertiary/aromatic N) is 1. The summed E-state index contributed by atoms with van der Waals surface area (Å²) in [6.07, 6.45) is 5.12. The minimum absolute atomic E-state index is 0.347. The fourth-order valence-corrected chi connectivity index (χ4v) is 2.35. The number of nitrogens with two attached hydrogens (primary N) is 1. The van der Waals surface area contributed by atoms with Gasteiger partial charge in [0.2, 0.25) is 5.91 Å². The Bertz CT molecular complexity index is 218. The molecule has 16 heavy (non-hydrogen) atoms. The molecule has 1 heterocycles. The molecule has 2 unspecified atom stereocenters. The van der Waals surface area contributed by atoms with Crippen LogP contribution in [0.3, 0.4) is 0 Å². The number of hydrogen-bond acceptors (Lipinski definition) is 2. The third-order valence-corrected chi connectivity index (χ3v) is 3.73. The van der Waals surface area contributed by atoms with E-state index in [1.165, 1.54) is 12.8 Å². The average molecular weight is 226 g/mol. The summed E-state index contributed by atoms with van der Waals surface area (Å²) in [6, 6.07) is 0. The predicted molar refractivity (Wildman–Crippen MR) is 67.0 cm³/mol. The summed E-state index contributed by atoms with van der Waals surface area (Å²) in [5, 5.41) is 0. The first-order chi connectivity index (χ1) is 7.67. The highest BCUT2D eigenvalue weighted by Crippen LogP contribution is 2.20. The lowest BCUT2D eigenvalue weighted by molar-refractivity contribution is -0.130. The van der Waals surface area contributed by atoms with Crippen LogP contribution in [-0.4, -0.2) is 30.4 Å². The molecule has 3 heteroatoms. The Morgan fingerprint density at radius 3 is 2.81 bits per heavy atom. The molecule has 0 aromatic heterocycles. The van der Waals surface area contributed by atoms with E-state index in [0.717, 1.165) is 38.4 Å². The maximum atomic E-state index is 11.9. The Morgan fingerprint density at radius 2 is 2.25 bits per heavy atom. The van der Waals surface area contributed by atoms with Crippen molar-refractivity contribution in [3.63, 3.8) is 0 Å². The van der Waals surface area contributed by atoms with Gasteiger partial charge in [-0.2, -0.15) is 0 Å². The van der Waals surface area contributed by atoms with E-state index in [-0.39, 0.29) is 0 Å². The molecule has 1 saturated heterocycles. The Balaban J connectivity index is 2.20. The van der Waals surface area contributed by atoms with Crippen molar-refractivity contribution in [3.8, 4) is 0 Å². The number of carbonyl (C=O) groups is 1. The normalized spacial score (nSPS) is 22.4. The molecule has 0 aromatic carbocycles. The van der Waals surface area contributed by atoms with Crippen molar-refractivity contribution in [2.45, 2.75) is 46.0 Å². The van der Waals surface area contributed by atoms with E-state index in [1.54, 1.807) is 0 Å². The van der Waals surface area contributed by atoms with Crippen LogP contribution < -0.4 is 5.73 Å². The molecule has 0 saturated carbocycles. The first kappa shape index (κ1) is 13.5. The molecule has 1 fully saturated rings. The van der Waals surface area contributed by atoms with Gasteiger partial charge in [-0.3, -0.25) is 4.79 Å². The van der Waals surface area contributed by atoms with Gasteiger partial charge in [0, 0.05) is 19.5 Å². The monoisotopic (exact) mass is 226 g/mol. The molecule has 0 bridgehead atoms. The van der Waals surface area contributed by atoms with Crippen LogP contribution in [0.25, 0.3) is 0 Å². The van der Waals surface area contributed by atoms with Gasteiger partial charge in [-0.15, -0.1) is 0 Å². The zero-order valence-electron chi connectivity index (χ0n) is 10.7. The smallest absolute Gasteiger partial charge is 0.222 e. The van der Waals surface area contributed by atoms with Crippen LogP contribution in [0.4, 0.5) is 0 Å². The minimum atomic E-state index is 0.347. The van der Waals surface area contributed by atoms with Crippen LogP contribution in [0, 0.1) is 11.8 Å². The molecule has 1 aliphatic heterocycles. The Kier molecular flexibility index (Phi) is 5.81. The molecule has 1 aliphatic rings. The van der Waals surface area contributed by atoms with Crippen LogP contribution in [0.5, 0.6) is 0 Å².